The molecule has 2 aromatic rings. The van der Waals surface area contributed by atoms with Gasteiger partial charge in [-0.2, -0.15) is 0 Å². The Labute approximate surface area is 154 Å². The smallest absolute Gasteiger partial charge is 0.233 e. The molecule has 1 fully saturated rings. The molecule has 0 bridgehead atoms. The fourth-order valence-electron chi connectivity index (χ4n) is 2.68. The normalized spacial score (nSPS) is 17.6. The Balaban J connectivity index is 1.52. The second-order valence-corrected chi connectivity index (χ2v) is 9.38. The van der Waals surface area contributed by atoms with Gasteiger partial charge in [0.05, 0.1) is 11.8 Å². The zero-order chi connectivity index (χ0) is 16.9. The van der Waals surface area contributed by atoms with E-state index in [4.69, 9.17) is 0 Å². The molecule has 1 N–H and O–H groups in total. The predicted molar refractivity (Wildman–Crippen MR) is 102 cm³/mol. The molecule has 0 aromatic carbocycles. The minimum atomic E-state index is 0.197. The number of nitrogens with one attached hydrogen (secondary N) is 1. The SMILES string of the molecule is CC(C)CNc1nnc(SCC(=O)N2CCCC2c2cccs2)s1. The molecular weight excluding hydrogens is 360 g/mol. The number of nitrogens with zero attached hydrogens (tertiary/aromatic N) is 3. The predicted octanol–water partition coefficient (Wildman–Crippen LogP) is 4.12. The van der Waals surface area contributed by atoms with Crippen molar-refractivity contribution in [2.24, 2.45) is 5.92 Å². The highest BCUT2D eigenvalue weighted by Crippen LogP contribution is 2.35. The highest BCUT2D eigenvalue weighted by Gasteiger charge is 2.30. The first-order valence-electron chi connectivity index (χ1n) is 8.16. The van der Waals surface area contributed by atoms with Gasteiger partial charge in [-0.15, -0.1) is 21.5 Å². The van der Waals surface area contributed by atoms with Gasteiger partial charge in [0, 0.05) is 18.0 Å². The van der Waals surface area contributed by atoms with Gasteiger partial charge < -0.3 is 10.2 Å². The number of thiophene rings is 1. The van der Waals surface area contributed by atoms with Crippen LogP contribution in [0, 0.1) is 5.92 Å². The summed E-state index contributed by atoms with van der Waals surface area (Å²) < 4.78 is 0.849. The number of aromatic nitrogens is 2. The van der Waals surface area contributed by atoms with E-state index in [9.17, 15) is 4.79 Å². The zero-order valence-corrected chi connectivity index (χ0v) is 16.3. The van der Waals surface area contributed by atoms with Gasteiger partial charge in [0.1, 0.15) is 0 Å². The van der Waals surface area contributed by atoms with Crippen LogP contribution < -0.4 is 5.32 Å². The van der Waals surface area contributed by atoms with Crippen LogP contribution in [0.5, 0.6) is 0 Å². The van der Waals surface area contributed by atoms with Gasteiger partial charge in [-0.3, -0.25) is 4.79 Å². The van der Waals surface area contributed by atoms with Gasteiger partial charge in [0.15, 0.2) is 4.34 Å². The molecule has 24 heavy (non-hydrogen) atoms. The van der Waals surface area contributed by atoms with Crippen molar-refractivity contribution >= 4 is 45.5 Å². The topological polar surface area (TPSA) is 58.1 Å². The second kappa shape index (κ2) is 8.31. The first-order chi connectivity index (χ1) is 11.6. The number of hydrogen-bond acceptors (Lipinski definition) is 7. The van der Waals surface area contributed by atoms with Crippen molar-refractivity contribution in [3.63, 3.8) is 0 Å². The molecule has 3 heterocycles. The number of carbonyl (C=O) groups is 1. The van der Waals surface area contributed by atoms with Crippen LogP contribution in [-0.4, -0.2) is 39.8 Å². The number of thioether (sulfide) groups is 1. The molecule has 1 saturated heterocycles. The molecule has 1 aliphatic heterocycles. The third-order valence-corrected chi connectivity index (χ3v) is 6.80. The second-order valence-electron chi connectivity index (χ2n) is 6.20. The summed E-state index contributed by atoms with van der Waals surface area (Å²) in [6.45, 7) is 6.05. The zero-order valence-electron chi connectivity index (χ0n) is 13.9. The van der Waals surface area contributed by atoms with Crippen molar-refractivity contribution in [1.82, 2.24) is 15.1 Å². The Morgan fingerprint density at radius 2 is 2.38 bits per heavy atom. The van der Waals surface area contributed by atoms with E-state index in [2.05, 4.69) is 46.9 Å². The van der Waals surface area contributed by atoms with Crippen molar-refractivity contribution < 1.29 is 4.79 Å². The van der Waals surface area contributed by atoms with Crippen LogP contribution >= 0.6 is 34.4 Å². The summed E-state index contributed by atoms with van der Waals surface area (Å²) in [6.07, 6.45) is 2.15. The molecule has 5 nitrogen and oxygen atoms in total. The number of anilines is 1. The van der Waals surface area contributed by atoms with E-state index in [1.54, 1.807) is 11.3 Å². The largest absolute Gasteiger partial charge is 0.360 e. The van der Waals surface area contributed by atoms with Crippen LogP contribution in [0.1, 0.15) is 37.6 Å². The van der Waals surface area contributed by atoms with Crippen LogP contribution in [0.2, 0.25) is 0 Å². The fraction of sp³-hybridized carbons (Fsp3) is 0.562. The average molecular weight is 383 g/mol. The van der Waals surface area contributed by atoms with Gasteiger partial charge in [-0.05, 0) is 30.2 Å². The van der Waals surface area contributed by atoms with Crippen molar-refractivity contribution in [2.75, 3.05) is 24.2 Å². The lowest BCUT2D eigenvalue weighted by Gasteiger charge is -2.23. The molecule has 130 valence electrons. The number of likely N-dealkylation sites (tertiary alicyclic amines) is 1. The molecule has 2 aromatic heterocycles. The molecule has 0 radical (unpaired) electrons. The molecule has 1 amide bonds. The number of rotatable bonds is 7. The highest BCUT2D eigenvalue weighted by atomic mass is 32.2. The number of hydrogen-bond donors (Lipinski definition) is 1. The third kappa shape index (κ3) is 4.49. The fourth-order valence-corrected chi connectivity index (χ4v) is 5.20. The summed E-state index contributed by atoms with van der Waals surface area (Å²) in [5.41, 5.74) is 0. The van der Waals surface area contributed by atoms with Crippen molar-refractivity contribution in [2.45, 2.75) is 37.1 Å². The Morgan fingerprint density at radius 1 is 1.50 bits per heavy atom. The Morgan fingerprint density at radius 3 is 3.12 bits per heavy atom. The summed E-state index contributed by atoms with van der Waals surface area (Å²) >= 11 is 4.74. The van der Waals surface area contributed by atoms with E-state index >= 15 is 0 Å². The van der Waals surface area contributed by atoms with E-state index < -0.39 is 0 Å². The molecule has 0 saturated carbocycles. The van der Waals surface area contributed by atoms with Crippen LogP contribution in [0.15, 0.2) is 21.9 Å². The van der Waals surface area contributed by atoms with Crippen LogP contribution in [-0.2, 0) is 4.79 Å². The van der Waals surface area contributed by atoms with Crippen molar-refractivity contribution in [3.8, 4) is 0 Å². The first-order valence-corrected chi connectivity index (χ1v) is 10.8. The van der Waals surface area contributed by atoms with E-state index in [1.165, 1.54) is 28.0 Å². The van der Waals surface area contributed by atoms with Gasteiger partial charge in [0.25, 0.3) is 0 Å². The summed E-state index contributed by atoms with van der Waals surface area (Å²) in [7, 11) is 0. The van der Waals surface area contributed by atoms with Crippen LogP contribution in [0.3, 0.4) is 0 Å². The number of amides is 1. The van der Waals surface area contributed by atoms with Gasteiger partial charge in [-0.25, -0.2) is 0 Å². The molecule has 1 aliphatic rings. The van der Waals surface area contributed by atoms with Gasteiger partial charge in [-0.1, -0.05) is 43.0 Å². The molecule has 1 atom stereocenters. The minimum absolute atomic E-state index is 0.197. The third-order valence-electron chi connectivity index (χ3n) is 3.83. The van der Waals surface area contributed by atoms with Gasteiger partial charge >= 0.3 is 0 Å². The van der Waals surface area contributed by atoms with Crippen molar-refractivity contribution in [1.29, 1.82) is 0 Å². The maximum Gasteiger partial charge on any atom is 0.233 e. The molecule has 3 rings (SSSR count). The van der Waals surface area contributed by atoms with Gasteiger partial charge in [0.2, 0.25) is 11.0 Å². The maximum atomic E-state index is 12.6. The summed E-state index contributed by atoms with van der Waals surface area (Å²) in [6, 6.07) is 4.45. The summed E-state index contributed by atoms with van der Waals surface area (Å²) in [5, 5.41) is 14.5. The quantitative estimate of drug-likeness (QED) is 0.730. The van der Waals surface area contributed by atoms with E-state index in [1.807, 2.05) is 4.90 Å². The van der Waals surface area contributed by atoms with E-state index in [-0.39, 0.29) is 11.9 Å². The molecular formula is C16H22N4OS3. The summed E-state index contributed by atoms with van der Waals surface area (Å²) in [5.74, 6) is 1.19. The molecule has 8 heteroatoms. The van der Waals surface area contributed by atoms with Crippen molar-refractivity contribution in [3.05, 3.63) is 22.4 Å². The maximum absolute atomic E-state index is 12.6. The molecule has 0 spiro atoms. The van der Waals surface area contributed by atoms with Crippen LogP contribution in [0.25, 0.3) is 0 Å². The lowest BCUT2D eigenvalue weighted by molar-refractivity contribution is -0.129. The Hall–Kier alpha value is -1.12. The summed E-state index contributed by atoms with van der Waals surface area (Å²) in [4.78, 5) is 15.9. The molecule has 1 unspecified atom stereocenters. The van der Waals surface area contributed by atoms with Crippen LogP contribution in [0.4, 0.5) is 5.13 Å². The lowest BCUT2D eigenvalue weighted by atomic mass is 10.2. The molecule has 0 aliphatic carbocycles. The van der Waals surface area contributed by atoms with E-state index in [0.717, 1.165) is 35.4 Å². The Kier molecular flexibility index (Phi) is 6.13. The number of carbonyl (C=O) groups excluding carboxylic acids is 1. The first kappa shape index (κ1) is 17.7. The van der Waals surface area contributed by atoms with E-state index in [0.29, 0.717) is 11.7 Å². The minimum Gasteiger partial charge on any atom is -0.360 e. The highest BCUT2D eigenvalue weighted by molar-refractivity contribution is 8.01. The average Bonchev–Trinajstić information content (AvgIpc) is 3.31. The standard InChI is InChI=1S/C16H22N4OS3/c1-11(2)9-17-15-18-19-16(24-15)23-10-14(21)20-7-3-5-12(20)13-6-4-8-22-13/h4,6,8,11-12H,3,5,7,9-10H2,1-2H3,(H,17,18). The Bertz CT molecular complexity index is 656. The lowest BCUT2D eigenvalue weighted by Crippen LogP contribution is -2.31. The monoisotopic (exact) mass is 382 g/mol.